The molecule has 0 radical (unpaired) electrons. The number of benzene rings is 1. The second kappa shape index (κ2) is 6.74. The third-order valence-corrected chi connectivity index (χ3v) is 3.06. The van der Waals surface area contributed by atoms with Crippen LogP contribution in [-0.2, 0) is 11.2 Å². The molecule has 0 spiro atoms. The molecule has 5 heteroatoms. The summed E-state index contributed by atoms with van der Waals surface area (Å²) in [5.74, 6) is 0.890. The first-order valence-corrected chi connectivity index (χ1v) is 6.83. The molecule has 2 aromatic rings. The Morgan fingerprint density at radius 1 is 1.33 bits per heavy atom. The van der Waals surface area contributed by atoms with E-state index in [4.69, 9.17) is 10.5 Å². The van der Waals surface area contributed by atoms with Gasteiger partial charge in [-0.2, -0.15) is 0 Å². The van der Waals surface area contributed by atoms with Crippen LogP contribution in [0.3, 0.4) is 0 Å². The minimum Gasteiger partial charge on any atom is -0.484 e. The van der Waals surface area contributed by atoms with Crippen molar-refractivity contribution in [2.45, 2.75) is 20.3 Å². The van der Waals surface area contributed by atoms with Crippen LogP contribution in [0.5, 0.6) is 5.75 Å². The molecule has 0 fully saturated rings. The number of aromatic nitrogens is 1. The van der Waals surface area contributed by atoms with Gasteiger partial charge in [-0.1, -0.05) is 19.1 Å². The SMILES string of the molecule is CCc1cccc(OCC(=O)Nc2ccc(N)nc2C)c1. The highest BCUT2D eigenvalue weighted by atomic mass is 16.5. The van der Waals surface area contributed by atoms with Crippen molar-refractivity contribution in [3.63, 3.8) is 0 Å². The molecule has 0 aliphatic rings. The molecule has 0 unspecified atom stereocenters. The predicted octanol–water partition coefficient (Wildman–Crippen LogP) is 2.55. The fourth-order valence-electron chi connectivity index (χ4n) is 1.90. The number of ether oxygens (including phenoxy) is 1. The Bertz CT molecular complexity index is 641. The normalized spacial score (nSPS) is 10.2. The Balaban J connectivity index is 1.92. The summed E-state index contributed by atoms with van der Waals surface area (Å²) in [6, 6.07) is 11.1. The van der Waals surface area contributed by atoms with E-state index in [0.29, 0.717) is 22.9 Å². The standard InChI is InChI=1S/C16H19N3O2/c1-3-12-5-4-6-13(9-12)21-10-16(20)19-14-7-8-15(17)18-11(14)2/h4-9H,3,10H2,1-2H3,(H2,17,18)(H,19,20). The van der Waals surface area contributed by atoms with E-state index < -0.39 is 0 Å². The van der Waals surface area contributed by atoms with Crippen LogP contribution in [0.4, 0.5) is 11.5 Å². The van der Waals surface area contributed by atoms with Crippen molar-refractivity contribution in [1.29, 1.82) is 0 Å². The largest absolute Gasteiger partial charge is 0.484 e. The highest BCUT2D eigenvalue weighted by Crippen LogP contribution is 2.15. The maximum absolute atomic E-state index is 11.9. The number of nitrogen functional groups attached to an aromatic ring is 1. The first kappa shape index (κ1) is 14.8. The molecule has 1 aromatic heterocycles. The lowest BCUT2D eigenvalue weighted by molar-refractivity contribution is -0.118. The summed E-state index contributed by atoms with van der Waals surface area (Å²) >= 11 is 0. The number of hydrogen-bond acceptors (Lipinski definition) is 4. The van der Waals surface area contributed by atoms with Gasteiger partial charge in [-0.15, -0.1) is 0 Å². The molecule has 21 heavy (non-hydrogen) atoms. The summed E-state index contributed by atoms with van der Waals surface area (Å²) in [4.78, 5) is 16.0. The third-order valence-electron chi connectivity index (χ3n) is 3.06. The Hall–Kier alpha value is -2.56. The van der Waals surface area contributed by atoms with E-state index in [-0.39, 0.29) is 12.5 Å². The van der Waals surface area contributed by atoms with Gasteiger partial charge in [0.15, 0.2) is 6.61 Å². The Kier molecular flexibility index (Phi) is 4.77. The zero-order valence-electron chi connectivity index (χ0n) is 12.2. The number of anilines is 2. The number of hydrogen-bond donors (Lipinski definition) is 2. The van der Waals surface area contributed by atoms with Crippen LogP contribution in [0.2, 0.25) is 0 Å². The van der Waals surface area contributed by atoms with Crippen LogP contribution in [0.1, 0.15) is 18.2 Å². The molecule has 1 amide bonds. The van der Waals surface area contributed by atoms with Crippen molar-refractivity contribution in [3.05, 3.63) is 47.7 Å². The molecule has 110 valence electrons. The predicted molar refractivity (Wildman–Crippen MR) is 83.3 cm³/mol. The third kappa shape index (κ3) is 4.21. The van der Waals surface area contributed by atoms with E-state index in [1.54, 1.807) is 19.1 Å². The molecule has 1 aromatic carbocycles. The number of pyridine rings is 1. The second-order valence-corrected chi connectivity index (χ2v) is 4.71. The maximum Gasteiger partial charge on any atom is 0.262 e. The summed E-state index contributed by atoms with van der Waals surface area (Å²) in [5, 5.41) is 2.75. The number of nitrogens with one attached hydrogen (secondary N) is 1. The maximum atomic E-state index is 11.9. The van der Waals surface area contributed by atoms with Crippen molar-refractivity contribution in [2.75, 3.05) is 17.7 Å². The van der Waals surface area contributed by atoms with Crippen molar-refractivity contribution < 1.29 is 9.53 Å². The monoisotopic (exact) mass is 285 g/mol. The average molecular weight is 285 g/mol. The van der Waals surface area contributed by atoms with Gasteiger partial charge in [0, 0.05) is 0 Å². The van der Waals surface area contributed by atoms with Crippen molar-refractivity contribution in [3.8, 4) is 5.75 Å². The molecule has 2 rings (SSSR count). The zero-order valence-corrected chi connectivity index (χ0v) is 12.2. The molecule has 0 saturated heterocycles. The van der Waals surface area contributed by atoms with Gasteiger partial charge in [0.2, 0.25) is 0 Å². The van der Waals surface area contributed by atoms with Gasteiger partial charge in [-0.25, -0.2) is 4.98 Å². The molecule has 0 saturated carbocycles. The Labute approximate surface area is 124 Å². The number of rotatable bonds is 5. The first-order valence-electron chi connectivity index (χ1n) is 6.83. The minimum atomic E-state index is -0.230. The molecule has 0 atom stereocenters. The molecule has 0 aliphatic carbocycles. The van der Waals surface area contributed by atoms with E-state index in [9.17, 15) is 4.79 Å². The van der Waals surface area contributed by atoms with Gasteiger partial charge in [0.25, 0.3) is 5.91 Å². The van der Waals surface area contributed by atoms with Crippen LogP contribution in [-0.4, -0.2) is 17.5 Å². The lowest BCUT2D eigenvalue weighted by atomic mass is 10.2. The summed E-state index contributed by atoms with van der Waals surface area (Å²) in [6.45, 7) is 3.82. The fraction of sp³-hybridized carbons (Fsp3) is 0.250. The first-order chi connectivity index (χ1) is 10.1. The summed E-state index contributed by atoms with van der Waals surface area (Å²) in [6.07, 6.45) is 0.930. The number of carbonyl (C=O) groups excluding carboxylic acids is 1. The molecule has 1 heterocycles. The molecule has 5 nitrogen and oxygen atoms in total. The topological polar surface area (TPSA) is 77.2 Å². The lowest BCUT2D eigenvalue weighted by Crippen LogP contribution is -2.21. The van der Waals surface area contributed by atoms with E-state index in [0.717, 1.165) is 6.42 Å². The van der Waals surface area contributed by atoms with Crippen LogP contribution in [0, 0.1) is 6.92 Å². The second-order valence-electron chi connectivity index (χ2n) is 4.71. The van der Waals surface area contributed by atoms with Gasteiger partial charge in [0.1, 0.15) is 11.6 Å². The van der Waals surface area contributed by atoms with E-state index in [1.807, 2.05) is 24.3 Å². The van der Waals surface area contributed by atoms with Gasteiger partial charge in [-0.05, 0) is 43.2 Å². The molecule has 3 N–H and O–H groups in total. The fourth-order valence-corrected chi connectivity index (χ4v) is 1.90. The summed E-state index contributed by atoms with van der Waals surface area (Å²) in [7, 11) is 0. The Morgan fingerprint density at radius 3 is 2.86 bits per heavy atom. The number of nitrogens with two attached hydrogens (primary N) is 1. The quantitative estimate of drug-likeness (QED) is 0.885. The van der Waals surface area contributed by atoms with Gasteiger partial charge in [-0.3, -0.25) is 4.79 Å². The van der Waals surface area contributed by atoms with Gasteiger partial charge < -0.3 is 15.8 Å². The molecule has 0 aliphatic heterocycles. The number of aryl methyl sites for hydroxylation is 2. The summed E-state index contributed by atoms with van der Waals surface area (Å²) in [5.41, 5.74) is 8.06. The minimum absolute atomic E-state index is 0.0447. The summed E-state index contributed by atoms with van der Waals surface area (Å²) < 4.78 is 5.49. The van der Waals surface area contributed by atoms with E-state index in [2.05, 4.69) is 17.2 Å². The van der Waals surface area contributed by atoms with Gasteiger partial charge >= 0.3 is 0 Å². The highest BCUT2D eigenvalue weighted by molar-refractivity contribution is 5.92. The van der Waals surface area contributed by atoms with Crippen LogP contribution < -0.4 is 15.8 Å². The van der Waals surface area contributed by atoms with Crippen LogP contribution in [0.15, 0.2) is 36.4 Å². The lowest BCUT2D eigenvalue weighted by Gasteiger charge is -2.10. The molecular formula is C16H19N3O2. The van der Waals surface area contributed by atoms with E-state index in [1.165, 1.54) is 5.56 Å². The smallest absolute Gasteiger partial charge is 0.262 e. The highest BCUT2D eigenvalue weighted by Gasteiger charge is 2.07. The van der Waals surface area contributed by atoms with Gasteiger partial charge in [0.05, 0.1) is 11.4 Å². The number of amides is 1. The van der Waals surface area contributed by atoms with Crippen LogP contribution >= 0.6 is 0 Å². The average Bonchev–Trinajstić information content (AvgIpc) is 2.48. The van der Waals surface area contributed by atoms with E-state index >= 15 is 0 Å². The molecular weight excluding hydrogens is 266 g/mol. The van der Waals surface area contributed by atoms with Crippen molar-refractivity contribution in [1.82, 2.24) is 4.98 Å². The molecule has 0 bridgehead atoms. The Morgan fingerprint density at radius 2 is 2.14 bits per heavy atom. The number of nitrogens with zero attached hydrogens (tertiary/aromatic N) is 1. The van der Waals surface area contributed by atoms with Crippen molar-refractivity contribution >= 4 is 17.4 Å². The zero-order chi connectivity index (χ0) is 15.2. The number of carbonyl (C=O) groups is 1. The van der Waals surface area contributed by atoms with Crippen molar-refractivity contribution in [2.24, 2.45) is 0 Å². The van der Waals surface area contributed by atoms with Crippen LogP contribution in [0.25, 0.3) is 0 Å².